The molecule has 0 aromatic heterocycles. The molecule has 0 heterocycles. The topological polar surface area (TPSA) is 64.1 Å². The van der Waals surface area contributed by atoms with Crippen molar-refractivity contribution >= 4 is 46.0 Å². The van der Waals surface area contributed by atoms with Gasteiger partial charge >= 0.3 is 0 Å². The quantitative estimate of drug-likeness (QED) is 0.729. The molecule has 0 aliphatic rings. The highest BCUT2D eigenvalue weighted by Crippen LogP contribution is 2.36. The molecule has 0 amide bonds. The summed E-state index contributed by atoms with van der Waals surface area (Å²) in [5.41, 5.74) is 11.3. The Morgan fingerprint density at radius 3 is 2.37 bits per heavy atom. The number of hydrogen-bond donors (Lipinski definition) is 3. The van der Waals surface area contributed by atoms with Gasteiger partial charge in [-0.3, -0.25) is 0 Å². The normalized spacial score (nSPS) is 10.5. The summed E-state index contributed by atoms with van der Waals surface area (Å²) in [6.07, 6.45) is 0. The van der Waals surface area contributed by atoms with Crippen LogP contribution in [-0.4, -0.2) is 0 Å². The molecule has 0 radical (unpaired) electrons. The summed E-state index contributed by atoms with van der Waals surface area (Å²) in [7, 11) is 0. The Hall–Kier alpha value is -1.72. The summed E-state index contributed by atoms with van der Waals surface area (Å²) in [4.78, 5) is 0. The number of rotatable bonds is 2. The van der Waals surface area contributed by atoms with E-state index < -0.39 is 11.6 Å². The number of nitrogens with one attached hydrogen (secondary N) is 1. The van der Waals surface area contributed by atoms with Gasteiger partial charge in [0.25, 0.3) is 0 Å². The SMILES string of the molecule is Nc1cc(N)c(Nc2cc(F)ccc2Cl)c(F)c1Cl. The van der Waals surface area contributed by atoms with Gasteiger partial charge in [0.1, 0.15) is 10.8 Å². The van der Waals surface area contributed by atoms with E-state index in [0.29, 0.717) is 0 Å². The smallest absolute Gasteiger partial charge is 0.169 e. The number of nitrogen functional groups attached to an aromatic ring is 2. The van der Waals surface area contributed by atoms with E-state index in [1.165, 1.54) is 18.2 Å². The van der Waals surface area contributed by atoms with Crippen molar-refractivity contribution in [2.75, 3.05) is 16.8 Å². The molecule has 19 heavy (non-hydrogen) atoms. The van der Waals surface area contributed by atoms with Gasteiger partial charge in [-0.25, -0.2) is 8.78 Å². The lowest BCUT2D eigenvalue weighted by Gasteiger charge is -2.14. The first-order valence-corrected chi connectivity index (χ1v) is 5.90. The second kappa shape index (κ2) is 5.11. The van der Waals surface area contributed by atoms with Gasteiger partial charge in [-0.05, 0) is 24.3 Å². The van der Waals surface area contributed by atoms with Gasteiger partial charge in [0.2, 0.25) is 0 Å². The van der Waals surface area contributed by atoms with Gasteiger partial charge in [-0.1, -0.05) is 23.2 Å². The van der Waals surface area contributed by atoms with E-state index in [1.807, 2.05) is 0 Å². The summed E-state index contributed by atoms with van der Waals surface area (Å²) in [6.45, 7) is 0. The highest BCUT2D eigenvalue weighted by Gasteiger charge is 2.15. The molecule has 2 aromatic carbocycles. The van der Waals surface area contributed by atoms with Gasteiger partial charge < -0.3 is 16.8 Å². The maximum absolute atomic E-state index is 13.9. The minimum absolute atomic E-state index is 0.0209. The van der Waals surface area contributed by atoms with Crippen molar-refractivity contribution in [3.63, 3.8) is 0 Å². The van der Waals surface area contributed by atoms with Crippen molar-refractivity contribution in [1.82, 2.24) is 0 Å². The van der Waals surface area contributed by atoms with Crippen LogP contribution in [-0.2, 0) is 0 Å². The minimum atomic E-state index is -0.820. The highest BCUT2D eigenvalue weighted by molar-refractivity contribution is 6.34. The van der Waals surface area contributed by atoms with Crippen LogP contribution in [0.3, 0.4) is 0 Å². The lowest BCUT2D eigenvalue weighted by molar-refractivity contribution is 0.627. The van der Waals surface area contributed by atoms with Gasteiger partial charge in [-0.15, -0.1) is 0 Å². The fraction of sp³-hybridized carbons (Fsp3) is 0. The Labute approximate surface area is 118 Å². The molecule has 2 rings (SSSR count). The monoisotopic (exact) mass is 303 g/mol. The molecule has 0 saturated carbocycles. The highest BCUT2D eigenvalue weighted by atomic mass is 35.5. The van der Waals surface area contributed by atoms with Crippen LogP contribution in [0.25, 0.3) is 0 Å². The summed E-state index contributed by atoms with van der Waals surface area (Å²) in [6, 6.07) is 4.95. The fourth-order valence-electron chi connectivity index (χ4n) is 1.52. The number of hydrogen-bond acceptors (Lipinski definition) is 3. The Morgan fingerprint density at radius 1 is 1.00 bits per heavy atom. The van der Waals surface area contributed by atoms with Crippen molar-refractivity contribution in [1.29, 1.82) is 0 Å². The van der Waals surface area contributed by atoms with Gasteiger partial charge in [0, 0.05) is 0 Å². The van der Waals surface area contributed by atoms with Crippen LogP contribution in [0, 0.1) is 11.6 Å². The average Bonchev–Trinajstić information content (AvgIpc) is 2.36. The number of halogens is 4. The van der Waals surface area contributed by atoms with Gasteiger partial charge in [0.15, 0.2) is 5.82 Å². The summed E-state index contributed by atoms with van der Waals surface area (Å²) in [5, 5.41) is 2.56. The van der Waals surface area contributed by atoms with Crippen molar-refractivity contribution in [3.8, 4) is 0 Å². The van der Waals surface area contributed by atoms with E-state index in [0.717, 1.165) is 6.07 Å². The molecule has 0 atom stereocenters. The van der Waals surface area contributed by atoms with E-state index in [-0.39, 0.29) is 32.8 Å². The molecule has 100 valence electrons. The van der Waals surface area contributed by atoms with Gasteiger partial charge in [-0.2, -0.15) is 0 Å². The molecule has 7 heteroatoms. The zero-order valence-corrected chi connectivity index (χ0v) is 11.0. The third kappa shape index (κ3) is 2.67. The molecule has 0 fully saturated rings. The predicted octanol–water partition coefficient (Wildman–Crippen LogP) is 4.18. The first kappa shape index (κ1) is 13.7. The first-order chi connectivity index (χ1) is 8.90. The van der Waals surface area contributed by atoms with Crippen molar-refractivity contribution < 1.29 is 8.78 Å². The standard InChI is InChI=1S/C12H9Cl2F2N3/c13-6-2-1-5(15)3-9(6)19-12-8(18)4-7(17)10(14)11(12)16/h1-4,19H,17-18H2. The van der Waals surface area contributed by atoms with Crippen LogP contribution in [0.15, 0.2) is 24.3 Å². The van der Waals surface area contributed by atoms with Crippen LogP contribution in [0.4, 0.5) is 31.5 Å². The number of anilines is 4. The Morgan fingerprint density at radius 2 is 1.68 bits per heavy atom. The van der Waals surface area contributed by atoms with E-state index in [4.69, 9.17) is 34.7 Å². The molecule has 0 aliphatic carbocycles. The summed E-state index contributed by atoms with van der Waals surface area (Å²) >= 11 is 11.6. The number of benzene rings is 2. The predicted molar refractivity (Wildman–Crippen MR) is 74.9 cm³/mol. The average molecular weight is 304 g/mol. The lowest BCUT2D eigenvalue weighted by Crippen LogP contribution is -2.03. The maximum atomic E-state index is 13.9. The van der Waals surface area contributed by atoms with E-state index in [2.05, 4.69) is 5.32 Å². The molecule has 0 unspecified atom stereocenters. The molecule has 0 spiro atoms. The number of nitrogens with two attached hydrogens (primary N) is 2. The van der Waals surface area contributed by atoms with E-state index >= 15 is 0 Å². The molecule has 5 N–H and O–H groups in total. The molecule has 3 nitrogen and oxygen atoms in total. The largest absolute Gasteiger partial charge is 0.397 e. The Balaban J connectivity index is 2.49. The molecule has 0 saturated heterocycles. The van der Waals surface area contributed by atoms with Crippen LogP contribution in [0.2, 0.25) is 10.0 Å². The Bertz CT molecular complexity index is 647. The molecule has 0 aliphatic heterocycles. The van der Waals surface area contributed by atoms with Crippen LogP contribution in [0.1, 0.15) is 0 Å². The third-order valence-corrected chi connectivity index (χ3v) is 3.17. The first-order valence-electron chi connectivity index (χ1n) is 5.15. The fourth-order valence-corrected chi connectivity index (χ4v) is 1.84. The molecular formula is C12H9Cl2F2N3. The minimum Gasteiger partial charge on any atom is -0.397 e. The molecular weight excluding hydrogens is 295 g/mol. The maximum Gasteiger partial charge on any atom is 0.169 e. The van der Waals surface area contributed by atoms with Crippen LogP contribution in [0.5, 0.6) is 0 Å². The van der Waals surface area contributed by atoms with E-state index in [9.17, 15) is 8.78 Å². The van der Waals surface area contributed by atoms with Crippen LogP contribution < -0.4 is 16.8 Å². The van der Waals surface area contributed by atoms with Crippen molar-refractivity contribution in [2.45, 2.75) is 0 Å². The second-order valence-electron chi connectivity index (χ2n) is 3.81. The molecule has 0 bridgehead atoms. The second-order valence-corrected chi connectivity index (χ2v) is 4.59. The third-order valence-electron chi connectivity index (χ3n) is 2.45. The zero-order valence-electron chi connectivity index (χ0n) is 9.48. The van der Waals surface area contributed by atoms with Crippen LogP contribution >= 0.6 is 23.2 Å². The molecule has 2 aromatic rings. The zero-order chi connectivity index (χ0) is 14.2. The van der Waals surface area contributed by atoms with Crippen molar-refractivity contribution in [2.24, 2.45) is 0 Å². The Kier molecular flexibility index (Phi) is 3.68. The van der Waals surface area contributed by atoms with Crippen molar-refractivity contribution in [3.05, 3.63) is 45.9 Å². The lowest BCUT2D eigenvalue weighted by atomic mass is 10.2. The van der Waals surface area contributed by atoms with Gasteiger partial charge in [0.05, 0.1) is 27.8 Å². The summed E-state index contributed by atoms with van der Waals surface area (Å²) in [5.74, 6) is -1.34. The van der Waals surface area contributed by atoms with E-state index in [1.54, 1.807) is 0 Å². The summed E-state index contributed by atoms with van der Waals surface area (Å²) < 4.78 is 27.1.